The van der Waals surface area contributed by atoms with Gasteiger partial charge in [0.25, 0.3) is 5.91 Å². The molecule has 0 aliphatic rings. The first-order valence-corrected chi connectivity index (χ1v) is 6.28. The van der Waals surface area contributed by atoms with E-state index in [9.17, 15) is 9.59 Å². The van der Waals surface area contributed by atoms with Crippen molar-refractivity contribution < 1.29 is 4.79 Å². The summed E-state index contributed by atoms with van der Waals surface area (Å²) in [5.41, 5.74) is 6.17. The molecule has 0 atom stereocenters. The maximum Gasteiger partial charge on any atom is 0.259 e. The number of hydrogen-bond donors (Lipinski definition) is 2. The molecule has 0 saturated heterocycles. The molecule has 0 spiro atoms. The summed E-state index contributed by atoms with van der Waals surface area (Å²) in [4.78, 5) is 28.6. The van der Waals surface area contributed by atoms with Gasteiger partial charge in [-0.25, -0.2) is 0 Å². The predicted molar refractivity (Wildman–Crippen MR) is 71.7 cm³/mol. The number of pyridine rings is 1. The summed E-state index contributed by atoms with van der Waals surface area (Å²) in [7, 11) is 0. The SMILES string of the molecule is CCCN(CCCN)C(=O)c1c[nH]c(C)cc1=O. The number of nitrogens with two attached hydrogens (primary N) is 1. The van der Waals surface area contributed by atoms with E-state index in [0.717, 1.165) is 18.5 Å². The highest BCUT2D eigenvalue weighted by Gasteiger charge is 2.17. The van der Waals surface area contributed by atoms with Crippen LogP contribution < -0.4 is 11.2 Å². The zero-order valence-electron chi connectivity index (χ0n) is 11.0. The molecular weight excluding hydrogens is 230 g/mol. The summed E-state index contributed by atoms with van der Waals surface area (Å²) in [5.74, 6) is -0.216. The van der Waals surface area contributed by atoms with E-state index in [1.165, 1.54) is 12.3 Å². The third-order valence-electron chi connectivity index (χ3n) is 2.70. The van der Waals surface area contributed by atoms with Crippen LogP contribution in [0.15, 0.2) is 17.1 Å². The first-order valence-electron chi connectivity index (χ1n) is 6.28. The summed E-state index contributed by atoms with van der Waals surface area (Å²) in [6.07, 6.45) is 3.10. The van der Waals surface area contributed by atoms with Crippen LogP contribution in [0, 0.1) is 6.92 Å². The van der Waals surface area contributed by atoms with E-state index in [0.29, 0.717) is 19.6 Å². The summed E-state index contributed by atoms with van der Waals surface area (Å²) in [5, 5.41) is 0. The lowest BCUT2D eigenvalue weighted by Gasteiger charge is -2.21. The number of carbonyl (C=O) groups is 1. The van der Waals surface area contributed by atoms with Crippen LogP contribution in [0.1, 0.15) is 35.8 Å². The fourth-order valence-corrected chi connectivity index (χ4v) is 1.78. The normalized spacial score (nSPS) is 10.4. The first kappa shape index (κ1) is 14.4. The minimum Gasteiger partial charge on any atom is -0.364 e. The Labute approximate surface area is 107 Å². The largest absolute Gasteiger partial charge is 0.364 e. The third kappa shape index (κ3) is 3.70. The Morgan fingerprint density at radius 3 is 2.72 bits per heavy atom. The highest BCUT2D eigenvalue weighted by Crippen LogP contribution is 2.02. The minimum absolute atomic E-state index is 0.200. The van der Waals surface area contributed by atoms with Crippen molar-refractivity contribution in [2.45, 2.75) is 26.7 Å². The molecule has 0 bridgehead atoms. The monoisotopic (exact) mass is 251 g/mol. The molecule has 5 heteroatoms. The van der Waals surface area contributed by atoms with Gasteiger partial charge < -0.3 is 15.6 Å². The Morgan fingerprint density at radius 2 is 2.17 bits per heavy atom. The van der Waals surface area contributed by atoms with Crippen molar-refractivity contribution in [2.24, 2.45) is 5.73 Å². The van der Waals surface area contributed by atoms with Crippen molar-refractivity contribution in [3.8, 4) is 0 Å². The third-order valence-corrected chi connectivity index (χ3v) is 2.70. The van der Waals surface area contributed by atoms with Crippen molar-refractivity contribution in [1.82, 2.24) is 9.88 Å². The molecule has 5 nitrogen and oxygen atoms in total. The molecule has 100 valence electrons. The van der Waals surface area contributed by atoms with Gasteiger partial charge in [0.2, 0.25) is 0 Å². The summed E-state index contributed by atoms with van der Waals surface area (Å²) >= 11 is 0. The van der Waals surface area contributed by atoms with Gasteiger partial charge in [-0.3, -0.25) is 9.59 Å². The molecule has 3 N–H and O–H groups in total. The quantitative estimate of drug-likeness (QED) is 0.788. The van der Waals surface area contributed by atoms with Crippen LogP contribution in [0.3, 0.4) is 0 Å². The second kappa shape index (κ2) is 6.96. The van der Waals surface area contributed by atoms with Gasteiger partial charge in [-0.2, -0.15) is 0 Å². The molecule has 1 heterocycles. The highest BCUT2D eigenvalue weighted by molar-refractivity contribution is 5.93. The fourth-order valence-electron chi connectivity index (χ4n) is 1.78. The number of H-pyrrole nitrogens is 1. The average Bonchev–Trinajstić information content (AvgIpc) is 2.33. The number of nitrogens with one attached hydrogen (secondary N) is 1. The lowest BCUT2D eigenvalue weighted by atomic mass is 10.2. The lowest BCUT2D eigenvalue weighted by Crippen LogP contribution is -2.36. The van der Waals surface area contributed by atoms with Gasteiger partial charge in [-0.15, -0.1) is 0 Å². The second-order valence-corrected chi connectivity index (χ2v) is 4.33. The van der Waals surface area contributed by atoms with Crippen molar-refractivity contribution in [3.05, 3.63) is 33.7 Å². The summed E-state index contributed by atoms with van der Waals surface area (Å²) < 4.78 is 0. The van der Waals surface area contributed by atoms with E-state index in [-0.39, 0.29) is 16.9 Å². The maximum absolute atomic E-state index is 12.2. The molecule has 1 amide bonds. The summed E-state index contributed by atoms with van der Waals surface area (Å²) in [6.45, 7) is 5.57. The van der Waals surface area contributed by atoms with Crippen LogP contribution in [-0.2, 0) is 0 Å². The van der Waals surface area contributed by atoms with Gasteiger partial charge in [-0.1, -0.05) is 6.92 Å². The number of aromatic nitrogens is 1. The van der Waals surface area contributed by atoms with E-state index in [2.05, 4.69) is 4.98 Å². The molecule has 0 radical (unpaired) electrons. The van der Waals surface area contributed by atoms with Crippen molar-refractivity contribution in [1.29, 1.82) is 0 Å². The predicted octanol–water partition coefficient (Wildman–Crippen LogP) is 0.884. The van der Waals surface area contributed by atoms with Crippen LogP contribution in [-0.4, -0.2) is 35.4 Å². The molecule has 0 fully saturated rings. The zero-order valence-corrected chi connectivity index (χ0v) is 11.0. The number of hydrogen-bond acceptors (Lipinski definition) is 3. The number of carbonyl (C=O) groups excluding carboxylic acids is 1. The van der Waals surface area contributed by atoms with Crippen molar-refractivity contribution >= 4 is 5.91 Å². The highest BCUT2D eigenvalue weighted by atomic mass is 16.2. The van der Waals surface area contributed by atoms with E-state index < -0.39 is 0 Å². The molecule has 1 aromatic rings. The van der Waals surface area contributed by atoms with E-state index in [4.69, 9.17) is 5.73 Å². The smallest absolute Gasteiger partial charge is 0.259 e. The van der Waals surface area contributed by atoms with Gasteiger partial charge in [0.05, 0.1) is 0 Å². The van der Waals surface area contributed by atoms with Gasteiger partial charge in [0.1, 0.15) is 5.56 Å². The van der Waals surface area contributed by atoms with E-state index in [1.54, 1.807) is 11.8 Å². The first-order chi connectivity index (χ1) is 8.60. The molecule has 0 aromatic carbocycles. The Morgan fingerprint density at radius 1 is 1.44 bits per heavy atom. The van der Waals surface area contributed by atoms with Crippen LogP contribution in [0.5, 0.6) is 0 Å². The van der Waals surface area contributed by atoms with E-state index in [1.807, 2.05) is 6.92 Å². The number of rotatable bonds is 6. The van der Waals surface area contributed by atoms with Crippen molar-refractivity contribution in [2.75, 3.05) is 19.6 Å². The van der Waals surface area contributed by atoms with Crippen molar-refractivity contribution in [3.63, 3.8) is 0 Å². The molecule has 1 aromatic heterocycles. The lowest BCUT2D eigenvalue weighted by molar-refractivity contribution is 0.0753. The van der Waals surface area contributed by atoms with Gasteiger partial charge >= 0.3 is 0 Å². The zero-order chi connectivity index (χ0) is 13.5. The average molecular weight is 251 g/mol. The number of amides is 1. The van der Waals surface area contributed by atoms with E-state index >= 15 is 0 Å². The van der Waals surface area contributed by atoms with Gasteiger partial charge in [0.15, 0.2) is 5.43 Å². The van der Waals surface area contributed by atoms with Crippen LogP contribution in [0.25, 0.3) is 0 Å². The molecular formula is C13H21N3O2. The van der Waals surface area contributed by atoms with Gasteiger partial charge in [-0.05, 0) is 26.3 Å². The molecule has 1 rings (SSSR count). The van der Waals surface area contributed by atoms with Crippen LogP contribution in [0.2, 0.25) is 0 Å². The molecule has 0 aliphatic heterocycles. The Balaban J connectivity index is 2.90. The summed E-state index contributed by atoms with van der Waals surface area (Å²) in [6, 6.07) is 1.44. The molecule has 18 heavy (non-hydrogen) atoms. The molecule has 0 saturated carbocycles. The number of aromatic amines is 1. The Bertz CT molecular complexity index is 454. The number of nitrogens with zero attached hydrogens (tertiary/aromatic N) is 1. The molecule has 0 unspecified atom stereocenters. The maximum atomic E-state index is 12.2. The minimum atomic E-state index is -0.231. The second-order valence-electron chi connectivity index (χ2n) is 4.33. The topological polar surface area (TPSA) is 79.2 Å². The number of aryl methyl sites for hydroxylation is 1. The van der Waals surface area contributed by atoms with Crippen LogP contribution in [0.4, 0.5) is 0 Å². The standard InChI is InChI=1S/C13H21N3O2/c1-3-6-16(7-4-5-14)13(18)11-9-15-10(2)8-12(11)17/h8-9H,3-7,14H2,1-2H3,(H,15,17). The Hall–Kier alpha value is -1.62. The van der Waals surface area contributed by atoms with Crippen LogP contribution >= 0.6 is 0 Å². The Kier molecular flexibility index (Phi) is 5.58. The fraction of sp³-hybridized carbons (Fsp3) is 0.538. The molecule has 0 aliphatic carbocycles. The van der Waals surface area contributed by atoms with Gasteiger partial charge in [0, 0.05) is 31.0 Å².